The molecule has 184 valence electrons. The second kappa shape index (κ2) is 15.4. The van der Waals surface area contributed by atoms with Gasteiger partial charge in [0.25, 0.3) is 0 Å². The van der Waals surface area contributed by atoms with Gasteiger partial charge in [-0.3, -0.25) is 9.79 Å². The monoisotopic (exact) mass is 445 g/mol. The molecule has 0 aliphatic carbocycles. The minimum absolute atomic E-state index is 0.0802. The van der Waals surface area contributed by atoms with E-state index in [2.05, 4.69) is 75.3 Å². The van der Waals surface area contributed by atoms with E-state index in [4.69, 9.17) is 4.99 Å². The molecule has 0 saturated heterocycles. The number of ketones is 1. The second-order valence-corrected chi connectivity index (χ2v) is 10.6. The predicted molar refractivity (Wildman–Crippen MR) is 141 cm³/mol. The Balaban J connectivity index is 5.52. The SMILES string of the molecule is CC/C=C(/C=N/C(/C=C(\C)C(C)(C)C)=C(\C)C(C)CC)C(=O)CCCCC(CO)C(C)C. The average Bonchev–Trinajstić information content (AvgIpc) is 2.73. The number of allylic oxidation sites excluding steroid dienone is 5. The molecule has 0 aromatic carbocycles. The van der Waals surface area contributed by atoms with Crippen molar-refractivity contribution in [2.45, 2.75) is 108 Å². The first-order valence-corrected chi connectivity index (χ1v) is 12.7. The van der Waals surface area contributed by atoms with E-state index in [0.717, 1.165) is 37.8 Å². The third-order valence-electron chi connectivity index (χ3n) is 6.79. The number of carbonyl (C=O) groups is 1. The zero-order valence-corrected chi connectivity index (χ0v) is 22.7. The second-order valence-electron chi connectivity index (χ2n) is 10.6. The standard InChI is InChI=1S/C29H51NO2/c1-11-15-25(28(32)17-14-13-16-26(20-31)21(3)4)19-30-27(24(7)22(5)12-2)18-23(6)29(8,9)10/h15,18-19,21-22,26,31H,11-14,16-17,20H2,1-10H3/b23-18+,25-15-,27-24+,30-19+. The van der Waals surface area contributed by atoms with Crippen LogP contribution in [0.15, 0.2) is 39.6 Å². The summed E-state index contributed by atoms with van der Waals surface area (Å²) in [4.78, 5) is 17.7. The number of Topliss-reactive ketones (excluding diaryl/α,β-unsaturated/α-hetero) is 1. The first-order chi connectivity index (χ1) is 14.9. The largest absolute Gasteiger partial charge is 0.396 e. The molecule has 0 aromatic rings. The van der Waals surface area contributed by atoms with Gasteiger partial charge in [0.15, 0.2) is 5.78 Å². The Hall–Kier alpha value is -1.48. The van der Waals surface area contributed by atoms with Gasteiger partial charge in [-0.25, -0.2) is 0 Å². The van der Waals surface area contributed by atoms with E-state index in [1.807, 2.05) is 6.08 Å². The van der Waals surface area contributed by atoms with E-state index < -0.39 is 0 Å². The maximum Gasteiger partial charge on any atom is 0.164 e. The average molecular weight is 446 g/mol. The fourth-order valence-corrected chi connectivity index (χ4v) is 3.30. The van der Waals surface area contributed by atoms with Crippen molar-refractivity contribution < 1.29 is 9.90 Å². The topological polar surface area (TPSA) is 49.7 Å². The highest BCUT2D eigenvalue weighted by Crippen LogP contribution is 2.28. The van der Waals surface area contributed by atoms with Crippen molar-refractivity contribution in [2.75, 3.05) is 6.61 Å². The van der Waals surface area contributed by atoms with Crippen LogP contribution in [-0.2, 0) is 4.79 Å². The van der Waals surface area contributed by atoms with E-state index in [-0.39, 0.29) is 17.8 Å². The third kappa shape index (κ3) is 11.4. The molecular formula is C29H51NO2. The Morgan fingerprint density at radius 3 is 2.16 bits per heavy atom. The summed E-state index contributed by atoms with van der Waals surface area (Å²) in [5, 5.41) is 9.50. The number of rotatable bonds is 14. The number of carbonyl (C=O) groups excluding carboxylic acids is 1. The lowest BCUT2D eigenvalue weighted by atomic mass is 9.86. The van der Waals surface area contributed by atoms with Crippen LogP contribution in [0.2, 0.25) is 0 Å². The molecule has 0 aromatic heterocycles. The van der Waals surface area contributed by atoms with Gasteiger partial charge in [-0.05, 0) is 74.3 Å². The van der Waals surface area contributed by atoms with Crippen molar-refractivity contribution in [2.24, 2.45) is 28.2 Å². The molecule has 0 radical (unpaired) electrons. The minimum atomic E-state index is 0.0802. The van der Waals surface area contributed by atoms with Crippen LogP contribution in [0.3, 0.4) is 0 Å². The van der Waals surface area contributed by atoms with Crippen LogP contribution in [0.5, 0.6) is 0 Å². The number of unbranched alkanes of at least 4 members (excludes halogenated alkanes) is 1. The Labute approximate surface area is 199 Å². The van der Waals surface area contributed by atoms with Crippen molar-refractivity contribution >= 4 is 12.0 Å². The van der Waals surface area contributed by atoms with Gasteiger partial charge in [-0.2, -0.15) is 0 Å². The predicted octanol–water partition coefficient (Wildman–Crippen LogP) is 8.10. The van der Waals surface area contributed by atoms with Crippen LogP contribution in [0.25, 0.3) is 0 Å². The van der Waals surface area contributed by atoms with Crippen LogP contribution in [0, 0.1) is 23.2 Å². The van der Waals surface area contributed by atoms with E-state index >= 15 is 0 Å². The molecule has 2 unspecified atom stereocenters. The van der Waals surface area contributed by atoms with Crippen molar-refractivity contribution in [1.82, 2.24) is 0 Å². The zero-order chi connectivity index (χ0) is 24.9. The molecule has 0 bridgehead atoms. The van der Waals surface area contributed by atoms with Gasteiger partial charge in [-0.15, -0.1) is 0 Å². The van der Waals surface area contributed by atoms with Crippen molar-refractivity contribution in [3.8, 4) is 0 Å². The highest BCUT2D eigenvalue weighted by Gasteiger charge is 2.16. The van der Waals surface area contributed by atoms with E-state index in [1.165, 1.54) is 11.1 Å². The first kappa shape index (κ1) is 30.5. The van der Waals surface area contributed by atoms with E-state index in [0.29, 0.717) is 29.7 Å². The molecule has 0 aliphatic rings. The number of aliphatic hydroxyl groups excluding tert-OH is 1. The van der Waals surface area contributed by atoms with Gasteiger partial charge < -0.3 is 5.11 Å². The summed E-state index contributed by atoms with van der Waals surface area (Å²) in [7, 11) is 0. The summed E-state index contributed by atoms with van der Waals surface area (Å²) in [6.45, 7) is 22.0. The van der Waals surface area contributed by atoms with E-state index in [9.17, 15) is 9.90 Å². The Morgan fingerprint density at radius 1 is 1.06 bits per heavy atom. The highest BCUT2D eigenvalue weighted by atomic mass is 16.3. The van der Waals surface area contributed by atoms with Crippen LogP contribution in [0.4, 0.5) is 0 Å². The van der Waals surface area contributed by atoms with Gasteiger partial charge in [0.2, 0.25) is 0 Å². The molecular weight excluding hydrogens is 394 g/mol. The molecule has 1 N–H and O–H groups in total. The Kier molecular flexibility index (Phi) is 14.7. The zero-order valence-electron chi connectivity index (χ0n) is 22.7. The summed E-state index contributed by atoms with van der Waals surface area (Å²) in [6, 6.07) is 0. The normalized spacial score (nSPS) is 16.5. The van der Waals surface area contributed by atoms with Crippen molar-refractivity contribution in [3.05, 3.63) is 34.6 Å². The van der Waals surface area contributed by atoms with Gasteiger partial charge in [0, 0.05) is 24.8 Å². The number of aliphatic imine (C=N–C) groups is 1. The number of aliphatic hydroxyl groups is 1. The van der Waals surface area contributed by atoms with Crippen LogP contribution in [0.1, 0.15) is 108 Å². The molecule has 0 fully saturated rings. The molecule has 0 aliphatic heterocycles. The Morgan fingerprint density at radius 2 is 1.69 bits per heavy atom. The highest BCUT2D eigenvalue weighted by molar-refractivity contribution is 6.13. The maximum absolute atomic E-state index is 12.9. The molecule has 0 amide bonds. The third-order valence-corrected chi connectivity index (χ3v) is 6.79. The number of nitrogens with zero attached hydrogens (tertiary/aromatic N) is 1. The molecule has 3 heteroatoms. The number of hydrogen-bond acceptors (Lipinski definition) is 3. The lowest BCUT2D eigenvalue weighted by molar-refractivity contribution is -0.115. The maximum atomic E-state index is 12.9. The van der Waals surface area contributed by atoms with Gasteiger partial charge in [-0.1, -0.05) is 73.5 Å². The summed E-state index contributed by atoms with van der Waals surface area (Å²) in [5.74, 6) is 1.41. The van der Waals surface area contributed by atoms with Crippen LogP contribution >= 0.6 is 0 Å². The fourth-order valence-electron chi connectivity index (χ4n) is 3.30. The lowest BCUT2D eigenvalue weighted by Crippen LogP contribution is -2.13. The first-order valence-electron chi connectivity index (χ1n) is 12.7. The van der Waals surface area contributed by atoms with Gasteiger partial charge in [0.05, 0.1) is 5.70 Å². The molecule has 0 spiro atoms. The molecule has 2 atom stereocenters. The summed E-state index contributed by atoms with van der Waals surface area (Å²) in [6.07, 6.45) is 11.2. The Bertz CT molecular complexity index is 686. The quantitative estimate of drug-likeness (QED) is 0.127. The molecule has 3 nitrogen and oxygen atoms in total. The van der Waals surface area contributed by atoms with Gasteiger partial charge in [0.1, 0.15) is 0 Å². The fraction of sp³-hybridized carbons (Fsp3) is 0.724. The van der Waals surface area contributed by atoms with Crippen LogP contribution < -0.4 is 0 Å². The summed E-state index contributed by atoms with van der Waals surface area (Å²) in [5.41, 5.74) is 4.31. The van der Waals surface area contributed by atoms with Crippen molar-refractivity contribution in [3.63, 3.8) is 0 Å². The molecule has 0 heterocycles. The molecule has 32 heavy (non-hydrogen) atoms. The smallest absolute Gasteiger partial charge is 0.164 e. The van der Waals surface area contributed by atoms with E-state index in [1.54, 1.807) is 6.21 Å². The molecule has 0 saturated carbocycles. The minimum Gasteiger partial charge on any atom is -0.396 e. The summed E-state index contributed by atoms with van der Waals surface area (Å²) >= 11 is 0. The molecule has 0 rings (SSSR count). The number of hydrogen-bond donors (Lipinski definition) is 1. The lowest BCUT2D eigenvalue weighted by Gasteiger charge is -2.21. The van der Waals surface area contributed by atoms with Gasteiger partial charge >= 0.3 is 0 Å². The van der Waals surface area contributed by atoms with Crippen molar-refractivity contribution in [1.29, 1.82) is 0 Å². The van der Waals surface area contributed by atoms with Crippen LogP contribution in [-0.4, -0.2) is 23.7 Å². The summed E-state index contributed by atoms with van der Waals surface area (Å²) < 4.78 is 0.